The molecule has 0 aliphatic carbocycles. The Bertz CT molecular complexity index is 650. The van der Waals surface area contributed by atoms with Crippen LogP contribution in [0, 0.1) is 0 Å². The molecule has 0 bridgehead atoms. The number of rotatable bonds is 7. The first-order valence-corrected chi connectivity index (χ1v) is 8.40. The number of ether oxygens (including phenoxy) is 2. The molecule has 0 radical (unpaired) electrons. The Morgan fingerprint density at radius 1 is 1.32 bits per heavy atom. The fourth-order valence-corrected chi connectivity index (χ4v) is 3.10. The average molecular weight is 367 g/mol. The van der Waals surface area contributed by atoms with Crippen LogP contribution in [-0.4, -0.2) is 54.4 Å². The molecule has 1 aliphatic rings. The highest BCUT2D eigenvalue weighted by Crippen LogP contribution is 2.24. The van der Waals surface area contributed by atoms with E-state index in [1.165, 1.54) is 5.56 Å². The Morgan fingerprint density at radius 3 is 2.96 bits per heavy atom. The number of methoxy groups -OCH3 is 1. The minimum atomic E-state index is 0. The normalized spacial score (nSPS) is 17.9. The zero-order valence-corrected chi connectivity index (χ0v) is 15.7. The van der Waals surface area contributed by atoms with Gasteiger partial charge < -0.3 is 19.4 Å². The molecule has 138 valence electrons. The molecule has 1 unspecified atom stereocenters. The summed E-state index contributed by atoms with van der Waals surface area (Å²) in [5.74, 6) is 2.00. The quantitative estimate of drug-likeness (QED) is 0.760. The summed E-state index contributed by atoms with van der Waals surface area (Å²) in [6, 6.07) is 8.60. The monoisotopic (exact) mass is 366 g/mol. The lowest BCUT2D eigenvalue weighted by atomic mass is 10.1. The first-order chi connectivity index (χ1) is 11.8. The fourth-order valence-electron chi connectivity index (χ4n) is 3.10. The second-order valence-corrected chi connectivity index (χ2v) is 6.08. The van der Waals surface area contributed by atoms with Crippen molar-refractivity contribution in [2.24, 2.45) is 7.05 Å². The molecular weight excluding hydrogens is 340 g/mol. The van der Waals surface area contributed by atoms with Crippen LogP contribution in [0.2, 0.25) is 0 Å². The average Bonchev–Trinajstić information content (AvgIpc) is 3.02. The summed E-state index contributed by atoms with van der Waals surface area (Å²) in [7, 11) is 3.74. The van der Waals surface area contributed by atoms with Gasteiger partial charge in [-0.25, -0.2) is 4.98 Å². The second kappa shape index (κ2) is 9.77. The smallest absolute Gasteiger partial charge is 0.127 e. The molecule has 2 aromatic rings. The first kappa shape index (κ1) is 19.7. The Morgan fingerprint density at radius 2 is 2.20 bits per heavy atom. The molecule has 25 heavy (non-hydrogen) atoms. The predicted molar refractivity (Wildman–Crippen MR) is 100 cm³/mol. The van der Waals surface area contributed by atoms with Crippen molar-refractivity contribution in [3.8, 4) is 5.75 Å². The maximum Gasteiger partial charge on any atom is 0.127 e. The van der Waals surface area contributed by atoms with Gasteiger partial charge in [-0.2, -0.15) is 0 Å². The number of imidazole rings is 1. The van der Waals surface area contributed by atoms with Crippen molar-refractivity contribution in [2.75, 3.05) is 40.0 Å². The van der Waals surface area contributed by atoms with Crippen LogP contribution in [0.1, 0.15) is 17.4 Å². The molecule has 1 saturated heterocycles. The van der Waals surface area contributed by atoms with E-state index in [2.05, 4.69) is 45.0 Å². The molecular formula is C18H27ClN4O2. The minimum Gasteiger partial charge on any atom is -0.491 e. The third-order valence-corrected chi connectivity index (χ3v) is 4.35. The number of piperazine rings is 1. The SMILES string of the molecule is COCCOc1cccc(CN2CCNCC2c2nccn2C)c1.Cl. The highest BCUT2D eigenvalue weighted by Gasteiger charge is 2.26. The lowest BCUT2D eigenvalue weighted by Crippen LogP contribution is -2.46. The second-order valence-electron chi connectivity index (χ2n) is 6.08. The number of benzene rings is 1. The van der Waals surface area contributed by atoms with Crippen molar-refractivity contribution in [1.82, 2.24) is 19.8 Å². The van der Waals surface area contributed by atoms with Crippen LogP contribution in [0.25, 0.3) is 0 Å². The van der Waals surface area contributed by atoms with Crippen LogP contribution >= 0.6 is 12.4 Å². The number of hydrogen-bond donors (Lipinski definition) is 1. The molecule has 0 saturated carbocycles. The van der Waals surface area contributed by atoms with Crippen LogP contribution in [0.3, 0.4) is 0 Å². The summed E-state index contributed by atoms with van der Waals surface area (Å²) < 4.78 is 12.9. The van der Waals surface area contributed by atoms with Crippen LogP contribution in [-0.2, 0) is 18.3 Å². The maximum absolute atomic E-state index is 5.72. The van der Waals surface area contributed by atoms with E-state index in [1.54, 1.807) is 7.11 Å². The van der Waals surface area contributed by atoms with Gasteiger partial charge in [0.15, 0.2) is 0 Å². The van der Waals surface area contributed by atoms with Gasteiger partial charge in [-0.05, 0) is 17.7 Å². The molecule has 1 atom stereocenters. The lowest BCUT2D eigenvalue weighted by Gasteiger charge is -2.35. The molecule has 0 amide bonds. The fraction of sp³-hybridized carbons (Fsp3) is 0.500. The molecule has 1 aromatic heterocycles. The molecule has 1 N–H and O–H groups in total. The summed E-state index contributed by atoms with van der Waals surface area (Å²) in [6.45, 7) is 5.00. The number of aromatic nitrogens is 2. The largest absolute Gasteiger partial charge is 0.491 e. The van der Waals surface area contributed by atoms with Crippen molar-refractivity contribution in [3.05, 3.63) is 48.0 Å². The Hall–Kier alpha value is -1.60. The lowest BCUT2D eigenvalue weighted by molar-refractivity contribution is 0.142. The van der Waals surface area contributed by atoms with Gasteiger partial charge in [-0.1, -0.05) is 12.1 Å². The number of aryl methyl sites for hydroxylation is 1. The summed E-state index contributed by atoms with van der Waals surface area (Å²) in [6.07, 6.45) is 3.87. The molecule has 1 aromatic carbocycles. The summed E-state index contributed by atoms with van der Waals surface area (Å²) in [4.78, 5) is 7.02. The van der Waals surface area contributed by atoms with E-state index in [0.29, 0.717) is 13.2 Å². The van der Waals surface area contributed by atoms with Crippen molar-refractivity contribution in [2.45, 2.75) is 12.6 Å². The molecule has 3 rings (SSSR count). The van der Waals surface area contributed by atoms with Crippen molar-refractivity contribution < 1.29 is 9.47 Å². The minimum absolute atomic E-state index is 0. The van der Waals surface area contributed by atoms with Crippen molar-refractivity contribution >= 4 is 12.4 Å². The van der Waals surface area contributed by atoms with Crippen LogP contribution < -0.4 is 10.1 Å². The molecule has 6 nitrogen and oxygen atoms in total. The Kier molecular flexibility index (Phi) is 7.71. The Labute approximate surface area is 155 Å². The van der Waals surface area contributed by atoms with Gasteiger partial charge in [0, 0.05) is 52.7 Å². The highest BCUT2D eigenvalue weighted by molar-refractivity contribution is 5.85. The van der Waals surface area contributed by atoms with Gasteiger partial charge >= 0.3 is 0 Å². The van der Waals surface area contributed by atoms with Gasteiger partial charge in [0.1, 0.15) is 18.2 Å². The van der Waals surface area contributed by atoms with Crippen LogP contribution in [0.4, 0.5) is 0 Å². The zero-order chi connectivity index (χ0) is 16.8. The zero-order valence-electron chi connectivity index (χ0n) is 14.9. The van der Waals surface area contributed by atoms with E-state index in [1.807, 2.05) is 18.5 Å². The molecule has 1 fully saturated rings. The summed E-state index contributed by atoms with van der Waals surface area (Å²) in [5.41, 5.74) is 1.26. The number of nitrogens with zero attached hydrogens (tertiary/aromatic N) is 3. The topological polar surface area (TPSA) is 51.6 Å². The van der Waals surface area contributed by atoms with Crippen LogP contribution in [0.5, 0.6) is 5.75 Å². The highest BCUT2D eigenvalue weighted by atomic mass is 35.5. The number of hydrogen-bond acceptors (Lipinski definition) is 5. The van der Waals surface area contributed by atoms with Gasteiger partial charge in [0.05, 0.1) is 12.6 Å². The van der Waals surface area contributed by atoms with E-state index in [4.69, 9.17) is 9.47 Å². The molecule has 2 heterocycles. The van der Waals surface area contributed by atoms with E-state index in [9.17, 15) is 0 Å². The number of halogens is 1. The van der Waals surface area contributed by atoms with Crippen molar-refractivity contribution in [3.63, 3.8) is 0 Å². The van der Waals surface area contributed by atoms with Gasteiger partial charge in [-0.15, -0.1) is 12.4 Å². The van der Waals surface area contributed by atoms with E-state index >= 15 is 0 Å². The van der Waals surface area contributed by atoms with E-state index in [0.717, 1.165) is 37.8 Å². The third kappa shape index (κ3) is 5.19. The van der Waals surface area contributed by atoms with Crippen molar-refractivity contribution in [1.29, 1.82) is 0 Å². The standard InChI is InChI=1S/C18H26N4O2.ClH/c1-21-8-7-20-18(21)17-13-19-6-9-22(17)14-15-4-3-5-16(12-15)24-11-10-23-2;/h3-5,7-8,12,17,19H,6,9-11,13-14H2,1-2H3;1H. The van der Waals surface area contributed by atoms with E-state index < -0.39 is 0 Å². The van der Waals surface area contributed by atoms with Gasteiger partial charge in [0.25, 0.3) is 0 Å². The first-order valence-electron chi connectivity index (χ1n) is 8.40. The Balaban J connectivity index is 0.00000225. The maximum atomic E-state index is 5.72. The molecule has 0 spiro atoms. The van der Waals surface area contributed by atoms with E-state index in [-0.39, 0.29) is 18.4 Å². The van der Waals surface area contributed by atoms with Crippen LogP contribution in [0.15, 0.2) is 36.7 Å². The van der Waals surface area contributed by atoms with Gasteiger partial charge in [-0.3, -0.25) is 4.90 Å². The molecule has 7 heteroatoms. The molecule has 1 aliphatic heterocycles. The summed E-state index contributed by atoms with van der Waals surface area (Å²) in [5, 5.41) is 3.48. The third-order valence-electron chi connectivity index (χ3n) is 4.35. The van der Waals surface area contributed by atoms with Gasteiger partial charge in [0.2, 0.25) is 0 Å². The summed E-state index contributed by atoms with van der Waals surface area (Å²) >= 11 is 0. The number of nitrogens with one attached hydrogen (secondary N) is 1. The predicted octanol–water partition coefficient (Wildman–Crippen LogP) is 2.01.